The summed E-state index contributed by atoms with van der Waals surface area (Å²) in [6.07, 6.45) is 1.84. The summed E-state index contributed by atoms with van der Waals surface area (Å²) in [6.45, 7) is 0. The zero-order valence-corrected chi connectivity index (χ0v) is 29.5. The number of rotatable bonds is 6. The number of thiophene rings is 1. The van der Waals surface area contributed by atoms with Gasteiger partial charge in [-0.3, -0.25) is 4.98 Å². The highest BCUT2D eigenvalue weighted by molar-refractivity contribution is 7.25. The zero-order valence-electron chi connectivity index (χ0n) is 28.6. The van der Waals surface area contributed by atoms with Crippen molar-refractivity contribution in [3.8, 4) is 67.4 Å². The smallest absolute Gasteiger partial charge is 0.160 e. The Kier molecular flexibility index (Phi) is 7.67. The van der Waals surface area contributed by atoms with Crippen molar-refractivity contribution in [1.82, 2.24) is 15.0 Å². The molecule has 4 heteroatoms. The van der Waals surface area contributed by atoms with E-state index >= 15 is 0 Å². The van der Waals surface area contributed by atoms with Gasteiger partial charge < -0.3 is 0 Å². The lowest BCUT2D eigenvalue weighted by molar-refractivity contribution is 1.18. The molecule has 0 fully saturated rings. The fraction of sp³-hybridized carbons (Fsp3) is 0. The van der Waals surface area contributed by atoms with Gasteiger partial charge in [0.2, 0.25) is 0 Å². The van der Waals surface area contributed by atoms with E-state index < -0.39 is 0 Å². The fourth-order valence-electron chi connectivity index (χ4n) is 7.28. The molecule has 0 amide bonds. The van der Waals surface area contributed by atoms with Crippen LogP contribution in [0, 0.1) is 0 Å². The van der Waals surface area contributed by atoms with Crippen LogP contribution >= 0.6 is 11.3 Å². The van der Waals surface area contributed by atoms with E-state index in [0.29, 0.717) is 5.82 Å². The Balaban J connectivity index is 1.21. The van der Waals surface area contributed by atoms with Crippen molar-refractivity contribution < 1.29 is 0 Å². The molecule has 0 saturated carbocycles. The highest BCUT2D eigenvalue weighted by atomic mass is 32.1. The summed E-state index contributed by atoms with van der Waals surface area (Å²) >= 11 is 1.84. The van der Waals surface area contributed by atoms with E-state index in [1.807, 2.05) is 53.9 Å². The lowest BCUT2D eigenvalue weighted by atomic mass is 9.92. The largest absolute Gasteiger partial charge is 0.256 e. The Hall–Kier alpha value is -6.75. The van der Waals surface area contributed by atoms with Gasteiger partial charge in [0.25, 0.3) is 0 Å². The molecule has 0 unspecified atom stereocenters. The minimum absolute atomic E-state index is 0.678. The molecule has 0 aliphatic rings. The zero-order chi connectivity index (χ0) is 35.1. The first kappa shape index (κ1) is 31.0. The monoisotopic (exact) mass is 693 g/mol. The van der Waals surface area contributed by atoms with E-state index in [9.17, 15) is 0 Å². The van der Waals surface area contributed by atoms with Crippen molar-refractivity contribution in [3.63, 3.8) is 0 Å². The SMILES string of the molecule is c1ccc(-c2nc(-c3cc(-c4ccc5ccccc5c4)cc(-c4ccc5sc6ccccc6c5c4)c3)cc(-c3ccccc3-c3ccccn3)n2)cc1. The number of pyridine rings is 1. The summed E-state index contributed by atoms with van der Waals surface area (Å²) in [6, 6.07) is 64.5. The molecule has 10 rings (SSSR count). The first-order chi connectivity index (χ1) is 26.2. The fourth-order valence-corrected chi connectivity index (χ4v) is 8.37. The van der Waals surface area contributed by atoms with Gasteiger partial charge in [-0.15, -0.1) is 11.3 Å². The third-order valence-corrected chi connectivity index (χ3v) is 11.1. The standard InChI is InChI=1S/C49H31N3S/c1-2-13-33(14-3-1)49-51-45(31-46(52-49)41-17-7-6-16-40(41)44-19-10-11-25-50-44)39-28-37(35-22-21-32-12-4-5-15-34(32)26-35)27-38(29-39)36-23-24-48-43(30-36)42-18-8-9-20-47(42)53-48/h1-31H. The molecule has 3 heterocycles. The molecule has 0 aliphatic carbocycles. The van der Waals surface area contributed by atoms with Crippen molar-refractivity contribution >= 4 is 42.3 Å². The first-order valence-corrected chi connectivity index (χ1v) is 18.6. The summed E-state index contributed by atoms with van der Waals surface area (Å²) in [7, 11) is 0. The lowest BCUT2D eigenvalue weighted by Gasteiger charge is -2.15. The van der Waals surface area contributed by atoms with Gasteiger partial charge in [-0.1, -0.05) is 121 Å². The quantitative estimate of drug-likeness (QED) is 0.174. The highest BCUT2D eigenvalue weighted by Gasteiger charge is 2.17. The highest BCUT2D eigenvalue weighted by Crippen LogP contribution is 2.40. The number of aromatic nitrogens is 3. The van der Waals surface area contributed by atoms with Crippen molar-refractivity contribution in [2.75, 3.05) is 0 Å². The van der Waals surface area contributed by atoms with Gasteiger partial charge in [0.05, 0.1) is 17.1 Å². The van der Waals surface area contributed by atoms with Gasteiger partial charge in [0.15, 0.2) is 5.82 Å². The van der Waals surface area contributed by atoms with E-state index in [4.69, 9.17) is 15.0 Å². The Morgan fingerprint density at radius 1 is 0.340 bits per heavy atom. The second-order valence-corrected chi connectivity index (χ2v) is 14.3. The van der Waals surface area contributed by atoms with Gasteiger partial charge in [-0.25, -0.2) is 9.97 Å². The van der Waals surface area contributed by atoms with Crippen molar-refractivity contribution in [2.24, 2.45) is 0 Å². The molecule has 0 atom stereocenters. The van der Waals surface area contributed by atoms with Crippen LogP contribution < -0.4 is 0 Å². The lowest BCUT2D eigenvalue weighted by Crippen LogP contribution is -1.98. The summed E-state index contributed by atoms with van der Waals surface area (Å²) < 4.78 is 2.60. The van der Waals surface area contributed by atoms with Crippen LogP contribution in [0.4, 0.5) is 0 Å². The number of hydrogen-bond acceptors (Lipinski definition) is 4. The van der Waals surface area contributed by atoms with Crippen molar-refractivity contribution in [2.45, 2.75) is 0 Å². The topological polar surface area (TPSA) is 38.7 Å². The maximum atomic E-state index is 5.28. The van der Waals surface area contributed by atoms with Crippen molar-refractivity contribution in [1.29, 1.82) is 0 Å². The normalized spacial score (nSPS) is 11.4. The van der Waals surface area contributed by atoms with E-state index in [1.54, 1.807) is 0 Å². The van der Waals surface area contributed by atoms with Crippen LogP contribution in [-0.2, 0) is 0 Å². The second-order valence-electron chi connectivity index (χ2n) is 13.3. The summed E-state index contributed by atoms with van der Waals surface area (Å²) in [5, 5.41) is 5.01. The minimum Gasteiger partial charge on any atom is -0.256 e. The predicted octanol–water partition coefficient (Wildman–Crippen LogP) is 13.4. The maximum Gasteiger partial charge on any atom is 0.160 e. The molecule has 0 bridgehead atoms. The van der Waals surface area contributed by atoms with Gasteiger partial charge in [0, 0.05) is 48.6 Å². The van der Waals surface area contributed by atoms with Crippen LogP contribution in [0.25, 0.3) is 98.4 Å². The number of nitrogens with zero attached hydrogens (tertiary/aromatic N) is 3. The molecule has 3 nitrogen and oxygen atoms in total. The van der Waals surface area contributed by atoms with Crippen LogP contribution in [0.3, 0.4) is 0 Å². The van der Waals surface area contributed by atoms with E-state index in [0.717, 1.165) is 56.0 Å². The van der Waals surface area contributed by atoms with Gasteiger partial charge >= 0.3 is 0 Å². The van der Waals surface area contributed by atoms with Gasteiger partial charge in [0.1, 0.15) is 0 Å². The summed E-state index contributed by atoms with van der Waals surface area (Å²) in [4.78, 5) is 15.2. The Morgan fingerprint density at radius 2 is 0.981 bits per heavy atom. The first-order valence-electron chi connectivity index (χ1n) is 17.8. The molecule has 0 N–H and O–H groups in total. The molecular formula is C49H31N3S. The maximum absolute atomic E-state index is 5.28. The van der Waals surface area contributed by atoms with Crippen LogP contribution in [0.5, 0.6) is 0 Å². The van der Waals surface area contributed by atoms with Crippen LogP contribution in [0.1, 0.15) is 0 Å². The molecule has 10 aromatic rings. The number of hydrogen-bond donors (Lipinski definition) is 0. The summed E-state index contributed by atoms with van der Waals surface area (Å²) in [5.74, 6) is 0.678. The molecule has 3 aromatic heterocycles. The van der Waals surface area contributed by atoms with E-state index in [-0.39, 0.29) is 0 Å². The minimum atomic E-state index is 0.678. The predicted molar refractivity (Wildman–Crippen MR) is 223 cm³/mol. The van der Waals surface area contributed by atoms with Crippen molar-refractivity contribution in [3.05, 3.63) is 188 Å². The summed E-state index contributed by atoms with van der Waals surface area (Å²) in [5.41, 5.74) is 11.2. The average molecular weight is 694 g/mol. The Labute approximate surface area is 311 Å². The van der Waals surface area contributed by atoms with Crippen LogP contribution in [-0.4, -0.2) is 15.0 Å². The molecule has 0 spiro atoms. The Bertz CT molecular complexity index is 2950. The van der Waals surface area contributed by atoms with Gasteiger partial charge in [-0.2, -0.15) is 0 Å². The Morgan fingerprint density at radius 3 is 1.81 bits per heavy atom. The molecular weight excluding hydrogens is 663 g/mol. The third-order valence-electron chi connectivity index (χ3n) is 9.92. The van der Waals surface area contributed by atoms with E-state index in [1.165, 1.54) is 36.5 Å². The van der Waals surface area contributed by atoms with Crippen LogP contribution in [0.2, 0.25) is 0 Å². The van der Waals surface area contributed by atoms with Gasteiger partial charge in [-0.05, 0) is 93.7 Å². The average Bonchev–Trinajstić information content (AvgIpc) is 3.62. The third kappa shape index (κ3) is 5.85. The molecule has 53 heavy (non-hydrogen) atoms. The number of benzene rings is 7. The molecule has 7 aromatic carbocycles. The molecule has 0 aliphatic heterocycles. The second kappa shape index (κ2) is 13.1. The molecule has 0 saturated heterocycles. The van der Waals surface area contributed by atoms with Crippen LogP contribution in [0.15, 0.2) is 188 Å². The molecule has 0 radical (unpaired) electrons. The molecule has 248 valence electrons. The van der Waals surface area contributed by atoms with E-state index in [2.05, 4.69) is 146 Å². The number of fused-ring (bicyclic) bond motifs is 4.